The molecule has 156 valence electrons. The zero-order valence-corrected chi connectivity index (χ0v) is 17.8. The molecule has 6 nitrogen and oxygen atoms in total. The van der Waals surface area contributed by atoms with Crippen LogP contribution in [0.3, 0.4) is 0 Å². The Morgan fingerprint density at radius 1 is 1.00 bits per heavy atom. The van der Waals surface area contributed by atoms with Gasteiger partial charge in [-0.05, 0) is 29.0 Å². The van der Waals surface area contributed by atoms with E-state index in [0.717, 1.165) is 45.7 Å². The van der Waals surface area contributed by atoms with Gasteiger partial charge < -0.3 is 9.32 Å². The van der Waals surface area contributed by atoms with Crippen LogP contribution in [0, 0.1) is 0 Å². The lowest BCUT2D eigenvalue weighted by Crippen LogP contribution is -2.45. The average Bonchev–Trinajstić information content (AvgIpc) is 3.44. The molecule has 2 aliphatic heterocycles. The Labute approximate surface area is 180 Å². The highest BCUT2D eigenvalue weighted by atomic mass is 32.1. The standard InChI is InChI=1S/C23H26N4O2S/c28-23(27-8-6-21-19(15-27)7-13-30-21)20-17-29-22(24-20)16-26-11-9-25(10-12-26)14-18-4-2-1-3-5-18/h1-5,7,13,17H,6,8-12,14-16H2. The van der Waals surface area contributed by atoms with Crippen molar-refractivity contribution in [2.45, 2.75) is 26.1 Å². The predicted octanol–water partition coefficient (Wildman–Crippen LogP) is 3.25. The molecule has 0 unspecified atom stereocenters. The number of fused-ring (bicyclic) bond motifs is 1. The lowest BCUT2D eigenvalue weighted by molar-refractivity contribution is 0.0729. The van der Waals surface area contributed by atoms with Gasteiger partial charge in [-0.1, -0.05) is 30.3 Å². The molecule has 1 saturated heterocycles. The summed E-state index contributed by atoms with van der Waals surface area (Å²) >= 11 is 1.78. The van der Waals surface area contributed by atoms with E-state index in [1.807, 2.05) is 4.90 Å². The second kappa shape index (κ2) is 8.71. The normalized spacial score (nSPS) is 17.8. The molecule has 30 heavy (non-hydrogen) atoms. The molecule has 1 amide bonds. The van der Waals surface area contributed by atoms with Gasteiger partial charge in [-0.15, -0.1) is 11.3 Å². The van der Waals surface area contributed by atoms with Crippen LogP contribution < -0.4 is 0 Å². The molecule has 0 bridgehead atoms. The first-order valence-electron chi connectivity index (χ1n) is 10.5. The SMILES string of the molecule is O=C(c1coc(CN2CCN(Cc3ccccc3)CC2)n1)N1CCc2sccc2C1. The summed E-state index contributed by atoms with van der Waals surface area (Å²) in [6.07, 6.45) is 2.45. The molecule has 4 heterocycles. The molecule has 0 saturated carbocycles. The summed E-state index contributed by atoms with van der Waals surface area (Å²) in [6.45, 7) is 7.07. The molecule has 2 aliphatic rings. The Morgan fingerprint density at radius 3 is 2.57 bits per heavy atom. The number of rotatable bonds is 5. The van der Waals surface area contributed by atoms with E-state index in [1.165, 1.54) is 22.3 Å². The first-order valence-corrected chi connectivity index (χ1v) is 11.4. The molecule has 0 aliphatic carbocycles. The number of nitrogens with zero attached hydrogens (tertiary/aromatic N) is 4. The number of carbonyl (C=O) groups excluding carboxylic acids is 1. The third-order valence-electron chi connectivity index (χ3n) is 5.94. The van der Waals surface area contributed by atoms with Gasteiger partial charge in [0.2, 0.25) is 5.89 Å². The van der Waals surface area contributed by atoms with Crippen LogP contribution in [0.15, 0.2) is 52.5 Å². The van der Waals surface area contributed by atoms with Crippen LogP contribution in [0.4, 0.5) is 0 Å². The Balaban J connectivity index is 1.13. The molecule has 0 spiro atoms. The van der Waals surface area contributed by atoms with Gasteiger partial charge in [-0.25, -0.2) is 4.98 Å². The number of benzene rings is 1. The quantitative estimate of drug-likeness (QED) is 0.632. The van der Waals surface area contributed by atoms with E-state index in [-0.39, 0.29) is 5.91 Å². The third kappa shape index (κ3) is 4.33. The third-order valence-corrected chi connectivity index (χ3v) is 6.96. The van der Waals surface area contributed by atoms with Crippen molar-refractivity contribution in [1.29, 1.82) is 0 Å². The van der Waals surface area contributed by atoms with Crippen LogP contribution in [0.5, 0.6) is 0 Å². The number of oxazole rings is 1. The summed E-state index contributed by atoms with van der Waals surface area (Å²) in [6, 6.07) is 12.7. The minimum absolute atomic E-state index is 0.0328. The predicted molar refractivity (Wildman–Crippen MR) is 116 cm³/mol. The van der Waals surface area contributed by atoms with Crippen molar-refractivity contribution in [2.24, 2.45) is 0 Å². The van der Waals surface area contributed by atoms with Crippen molar-refractivity contribution in [3.05, 3.63) is 75.6 Å². The first kappa shape index (κ1) is 19.5. The molecule has 1 aromatic carbocycles. The largest absolute Gasteiger partial charge is 0.447 e. The molecule has 0 atom stereocenters. The van der Waals surface area contributed by atoms with Gasteiger partial charge in [0.05, 0.1) is 6.54 Å². The fourth-order valence-corrected chi connectivity index (χ4v) is 5.09. The lowest BCUT2D eigenvalue weighted by atomic mass is 10.1. The van der Waals surface area contributed by atoms with Gasteiger partial charge in [-0.2, -0.15) is 0 Å². The highest BCUT2D eigenvalue weighted by Gasteiger charge is 2.25. The molecule has 2 aromatic heterocycles. The number of thiophene rings is 1. The smallest absolute Gasteiger partial charge is 0.276 e. The molecular weight excluding hydrogens is 396 g/mol. The van der Waals surface area contributed by atoms with Gasteiger partial charge in [0, 0.05) is 50.7 Å². The molecular formula is C23H26N4O2S. The minimum Gasteiger partial charge on any atom is -0.447 e. The summed E-state index contributed by atoms with van der Waals surface area (Å²) in [5.41, 5.74) is 3.04. The summed E-state index contributed by atoms with van der Waals surface area (Å²) < 4.78 is 5.64. The van der Waals surface area contributed by atoms with E-state index in [0.29, 0.717) is 24.7 Å². The Bertz CT molecular complexity index is 992. The van der Waals surface area contributed by atoms with Crippen LogP contribution in [-0.2, 0) is 26.1 Å². The van der Waals surface area contributed by atoms with Crippen molar-refractivity contribution < 1.29 is 9.21 Å². The van der Waals surface area contributed by atoms with Gasteiger partial charge in [0.25, 0.3) is 5.91 Å². The second-order valence-corrected chi connectivity index (χ2v) is 9.01. The van der Waals surface area contributed by atoms with Crippen molar-refractivity contribution in [3.63, 3.8) is 0 Å². The number of carbonyl (C=O) groups is 1. The van der Waals surface area contributed by atoms with E-state index in [1.54, 1.807) is 11.3 Å². The van der Waals surface area contributed by atoms with E-state index in [2.05, 4.69) is 56.6 Å². The highest BCUT2D eigenvalue weighted by Crippen LogP contribution is 2.25. The van der Waals surface area contributed by atoms with Crippen LogP contribution in [-0.4, -0.2) is 58.3 Å². The summed E-state index contributed by atoms with van der Waals surface area (Å²) in [7, 11) is 0. The molecule has 7 heteroatoms. The monoisotopic (exact) mass is 422 g/mol. The van der Waals surface area contributed by atoms with E-state index in [4.69, 9.17) is 4.42 Å². The van der Waals surface area contributed by atoms with Crippen LogP contribution in [0.2, 0.25) is 0 Å². The van der Waals surface area contributed by atoms with Crippen molar-refractivity contribution in [3.8, 4) is 0 Å². The summed E-state index contributed by atoms with van der Waals surface area (Å²) in [5, 5.41) is 2.10. The zero-order valence-electron chi connectivity index (χ0n) is 17.0. The lowest BCUT2D eigenvalue weighted by Gasteiger charge is -2.34. The van der Waals surface area contributed by atoms with Crippen LogP contribution >= 0.6 is 11.3 Å². The Morgan fingerprint density at radius 2 is 1.77 bits per heavy atom. The summed E-state index contributed by atoms with van der Waals surface area (Å²) in [4.78, 5) is 25.4. The van der Waals surface area contributed by atoms with Crippen molar-refractivity contribution in [1.82, 2.24) is 19.7 Å². The van der Waals surface area contributed by atoms with Crippen LogP contribution in [0.25, 0.3) is 0 Å². The number of hydrogen-bond acceptors (Lipinski definition) is 6. The van der Waals surface area contributed by atoms with E-state index >= 15 is 0 Å². The fourth-order valence-electron chi connectivity index (χ4n) is 4.20. The average molecular weight is 423 g/mol. The zero-order chi connectivity index (χ0) is 20.3. The molecule has 0 radical (unpaired) electrons. The minimum atomic E-state index is -0.0328. The highest BCUT2D eigenvalue weighted by molar-refractivity contribution is 7.10. The molecule has 0 N–H and O–H groups in total. The van der Waals surface area contributed by atoms with E-state index in [9.17, 15) is 4.79 Å². The Kier molecular flexibility index (Phi) is 5.66. The first-order chi connectivity index (χ1) is 14.7. The van der Waals surface area contributed by atoms with Gasteiger partial charge in [0.1, 0.15) is 6.26 Å². The molecule has 5 rings (SSSR count). The Hall–Kier alpha value is -2.48. The second-order valence-electron chi connectivity index (χ2n) is 8.01. The number of aromatic nitrogens is 1. The fraction of sp³-hybridized carbons (Fsp3) is 0.391. The summed E-state index contributed by atoms with van der Waals surface area (Å²) in [5.74, 6) is 0.595. The van der Waals surface area contributed by atoms with Crippen molar-refractivity contribution >= 4 is 17.2 Å². The number of amides is 1. The number of piperazine rings is 1. The molecule has 1 fully saturated rings. The maximum Gasteiger partial charge on any atom is 0.276 e. The van der Waals surface area contributed by atoms with E-state index < -0.39 is 0 Å². The number of hydrogen-bond donors (Lipinski definition) is 0. The van der Waals surface area contributed by atoms with Crippen molar-refractivity contribution in [2.75, 3.05) is 32.7 Å². The molecule has 3 aromatic rings. The van der Waals surface area contributed by atoms with Gasteiger partial charge >= 0.3 is 0 Å². The van der Waals surface area contributed by atoms with Gasteiger partial charge in [-0.3, -0.25) is 14.6 Å². The van der Waals surface area contributed by atoms with Crippen LogP contribution in [0.1, 0.15) is 32.4 Å². The maximum atomic E-state index is 12.8. The topological polar surface area (TPSA) is 52.8 Å². The van der Waals surface area contributed by atoms with Gasteiger partial charge in [0.15, 0.2) is 5.69 Å². The maximum absolute atomic E-state index is 12.8.